The van der Waals surface area contributed by atoms with Crippen LogP contribution in [0.3, 0.4) is 0 Å². The molecule has 2 aromatic carbocycles. The predicted octanol–water partition coefficient (Wildman–Crippen LogP) is 5.54. The molecule has 158 valence electrons. The van der Waals surface area contributed by atoms with E-state index in [-0.39, 0.29) is 18.8 Å². The van der Waals surface area contributed by atoms with E-state index in [4.69, 9.17) is 44.3 Å². The Morgan fingerprint density at radius 1 is 1.03 bits per heavy atom. The van der Waals surface area contributed by atoms with Crippen LogP contribution in [0.25, 0.3) is 6.08 Å². The van der Waals surface area contributed by atoms with Crippen LogP contribution in [0.15, 0.2) is 36.0 Å². The summed E-state index contributed by atoms with van der Waals surface area (Å²) in [5, 5.41) is 3.86. The lowest BCUT2D eigenvalue weighted by atomic mass is 10.1. The standard InChI is InChI=1S/C21H19Cl3N2O4/c1-3-26-20(27)17(25-21(26)28)8-12-7-16(24)19(18(9-12)29-4-2)30-11-13-5-6-14(22)10-15(13)23/h5-10H,3-4,11H2,1-2H3,(H,25,28)/b17-8+. The molecule has 6 nitrogen and oxygen atoms in total. The molecule has 3 amide bonds. The fourth-order valence-electron chi connectivity index (χ4n) is 2.89. The number of benzene rings is 2. The predicted molar refractivity (Wildman–Crippen MR) is 117 cm³/mol. The Kier molecular flexibility index (Phi) is 7.13. The molecule has 0 unspecified atom stereocenters. The lowest BCUT2D eigenvalue weighted by Crippen LogP contribution is -2.30. The van der Waals surface area contributed by atoms with Gasteiger partial charge in [0.25, 0.3) is 5.91 Å². The monoisotopic (exact) mass is 468 g/mol. The molecule has 0 bridgehead atoms. The maximum Gasteiger partial charge on any atom is 0.328 e. The second kappa shape index (κ2) is 9.60. The molecule has 0 spiro atoms. The van der Waals surface area contributed by atoms with Crippen molar-refractivity contribution in [3.8, 4) is 11.5 Å². The number of nitrogens with one attached hydrogen (secondary N) is 1. The highest BCUT2D eigenvalue weighted by atomic mass is 35.5. The zero-order valence-electron chi connectivity index (χ0n) is 16.3. The van der Waals surface area contributed by atoms with Crippen molar-refractivity contribution in [2.24, 2.45) is 0 Å². The molecular weight excluding hydrogens is 451 g/mol. The Hall–Kier alpha value is -2.41. The first-order chi connectivity index (χ1) is 14.3. The lowest BCUT2D eigenvalue weighted by molar-refractivity contribution is -0.122. The van der Waals surface area contributed by atoms with Gasteiger partial charge in [-0.2, -0.15) is 0 Å². The van der Waals surface area contributed by atoms with Gasteiger partial charge in [0.05, 0.1) is 11.6 Å². The summed E-state index contributed by atoms with van der Waals surface area (Å²) < 4.78 is 11.6. The van der Waals surface area contributed by atoms with Gasteiger partial charge in [0.15, 0.2) is 11.5 Å². The van der Waals surface area contributed by atoms with Gasteiger partial charge in [0, 0.05) is 22.2 Å². The molecule has 1 aliphatic rings. The van der Waals surface area contributed by atoms with Crippen LogP contribution in [0, 0.1) is 0 Å². The van der Waals surface area contributed by atoms with E-state index in [1.165, 1.54) is 0 Å². The van der Waals surface area contributed by atoms with Crippen molar-refractivity contribution in [2.45, 2.75) is 20.5 Å². The third-order valence-corrected chi connectivity index (χ3v) is 5.18. The van der Waals surface area contributed by atoms with Crippen molar-refractivity contribution in [1.82, 2.24) is 10.2 Å². The van der Waals surface area contributed by atoms with E-state index in [0.29, 0.717) is 38.7 Å². The van der Waals surface area contributed by atoms with E-state index in [0.717, 1.165) is 10.5 Å². The van der Waals surface area contributed by atoms with Gasteiger partial charge in [0.2, 0.25) is 0 Å². The number of rotatable bonds is 7. The van der Waals surface area contributed by atoms with Gasteiger partial charge < -0.3 is 14.8 Å². The summed E-state index contributed by atoms with van der Waals surface area (Å²) in [6.45, 7) is 4.39. The van der Waals surface area contributed by atoms with Crippen LogP contribution in [0.5, 0.6) is 11.5 Å². The number of likely N-dealkylation sites (N-methyl/N-ethyl adjacent to an activating group) is 1. The van der Waals surface area contributed by atoms with Gasteiger partial charge in [-0.3, -0.25) is 9.69 Å². The molecule has 1 heterocycles. The molecule has 9 heteroatoms. The third-order valence-electron chi connectivity index (χ3n) is 4.31. The second-order valence-corrected chi connectivity index (χ2v) is 7.58. The molecule has 1 fully saturated rings. The van der Waals surface area contributed by atoms with Crippen LogP contribution in [0.1, 0.15) is 25.0 Å². The highest BCUT2D eigenvalue weighted by Crippen LogP contribution is 2.38. The van der Waals surface area contributed by atoms with E-state index >= 15 is 0 Å². The van der Waals surface area contributed by atoms with Gasteiger partial charge in [-0.1, -0.05) is 40.9 Å². The average molecular weight is 470 g/mol. The highest BCUT2D eigenvalue weighted by molar-refractivity contribution is 6.35. The maximum absolute atomic E-state index is 12.3. The minimum atomic E-state index is -0.454. The molecule has 0 aliphatic carbocycles. The van der Waals surface area contributed by atoms with E-state index in [2.05, 4.69) is 5.32 Å². The molecule has 1 N–H and O–H groups in total. The summed E-state index contributed by atoms with van der Waals surface area (Å²) in [7, 11) is 0. The Morgan fingerprint density at radius 3 is 2.43 bits per heavy atom. The van der Waals surface area contributed by atoms with Crippen molar-refractivity contribution >= 4 is 52.8 Å². The summed E-state index contributed by atoms with van der Waals surface area (Å²) in [6.07, 6.45) is 1.55. The lowest BCUT2D eigenvalue weighted by Gasteiger charge is -2.15. The third kappa shape index (κ3) is 4.83. The van der Waals surface area contributed by atoms with Gasteiger partial charge in [-0.05, 0) is 49.8 Å². The Morgan fingerprint density at radius 2 is 1.80 bits per heavy atom. The van der Waals surface area contributed by atoms with Crippen molar-refractivity contribution in [2.75, 3.05) is 13.2 Å². The van der Waals surface area contributed by atoms with Crippen molar-refractivity contribution in [1.29, 1.82) is 0 Å². The number of carbonyl (C=O) groups is 2. The zero-order valence-corrected chi connectivity index (χ0v) is 18.6. The van der Waals surface area contributed by atoms with Crippen molar-refractivity contribution in [3.63, 3.8) is 0 Å². The number of ether oxygens (including phenoxy) is 2. The van der Waals surface area contributed by atoms with E-state index in [1.54, 1.807) is 43.3 Å². The van der Waals surface area contributed by atoms with E-state index < -0.39 is 11.9 Å². The number of hydrogen-bond acceptors (Lipinski definition) is 4. The summed E-state index contributed by atoms with van der Waals surface area (Å²) in [5.74, 6) is 0.365. The first-order valence-corrected chi connectivity index (χ1v) is 10.3. The summed E-state index contributed by atoms with van der Waals surface area (Å²) >= 11 is 18.6. The topological polar surface area (TPSA) is 67.9 Å². The molecule has 3 rings (SSSR count). The number of hydrogen-bond donors (Lipinski definition) is 1. The number of nitrogens with zero attached hydrogens (tertiary/aromatic N) is 1. The Labute approximate surface area is 189 Å². The normalized spacial score (nSPS) is 15.0. The van der Waals surface area contributed by atoms with Gasteiger partial charge in [-0.25, -0.2) is 4.79 Å². The largest absolute Gasteiger partial charge is 0.490 e. The van der Waals surface area contributed by atoms with Gasteiger partial charge in [-0.15, -0.1) is 0 Å². The Balaban J connectivity index is 1.88. The second-order valence-electron chi connectivity index (χ2n) is 6.32. The van der Waals surface area contributed by atoms with Crippen LogP contribution in [-0.4, -0.2) is 30.0 Å². The quantitative estimate of drug-likeness (QED) is 0.427. The van der Waals surface area contributed by atoms with Crippen LogP contribution in [0.2, 0.25) is 15.1 Å². The van der Waals surface area contributed by atoms with Crippen LogP contribution in [-0.2, 0) is 11.4 Å². The van der Waals surface area contributed by atoms with E-state index in [1.807, 2.05) is 6.92 Å². The highest BCUT2D eigenvalue weighted by Gasteiger charge is 2.32. The fourth-order valence-corrected chi connectivity index (χ4v) is 3.63. The molecule has 0 saturated carbocycles. The maximum atomic E-state index is 12.3. The molecule has 30 heavy (non-hydrogen) atoms. The fraction of sp³-hybridized carbons (Fsp3) is 0.238. The number of carbonyl (C=O) groups excluding carboxylic acids is 2. The van der Waals surface area contributed by atoms with Crippen molar-refractivity contribution < 1.29 is 19.1 Å². The molecule has 1 saturated heterocycles. The van der Waals surface area contributed by atoms with Crippen LogP contribution in [0.4, 0.5) is 4.79 Å². The average Bonchev–Trinajstić information content (AvgIpc) is 2.95. The summed E-state index contributed by atoms with van der Waals surface area (Å²) in [4.78, 5) is 25.2. The number of halogens is 3. The molecule has 2 aromatic rings. The van der Waals surface area contributed by atoms with Crippen molar-refractivity contribution in [3.05, 3.63) is 62.2 Å². The smallest absolute Gasteiger partial charge is 0.328 e. The minimum Gasteiger partial charge on any atom is -0.490 e. The molecule has 1 aliphatic heterocycles. The number of imide groups is 1. The van der Waals surface area contributed by atoms with Crippen LogP contribution < -0.4 is 14.8 Å². The van der Waals surface area contributed by atoms with Gasteiger partial charge in [0.1, 0.15) is 12.3 Å². The molecular formula is C21H19Cl3N2O4. The molecule has 0 atom stereocenters. The Bertz CT molecular complexity index is 1020. The summed E-state index contributed by atoms with van der Waals surface area (Å²) in [5.41, 5.74) is 1.49. The van der Waals surface area contributed by atoms with Gasteiger partial charge >= 0.3 is 6.03 Å². The molecule has 0 aromatic heterocycles. The molecule has 0 radical (unpaired) electrons. The number of urea groups is 1. The minimum absolute atomic E-state index is 0.163. The number of amides is 3. The van der Waals surface area contributed by atoms with E-state index in [9.17, 15) is 9.59 Å². The summed E-state index contributed by atoms with van der Waals surface area (Å²) in [6, 6.07) is 7.99. The zero-order chi connectivity index (χ0) is 21.8. The first kappa shape index (κ1) is 22.3. The van der Waals surface area contributed by atoms with Crippen LogP contribution >= 0.6 is 34.8 Å². The SMILES string of the molecule is CCOc1cc(/C=C2/NC(=O)N(CC)C2=O)cc(Cl)c1OCc1ccc(Cl)cc1Cl. The first-order valence-electron chi connectivity index (χ1n) is 9.21.